The Morgan fingerprint density at radius 1 is 0.971 bits per heavy atom. The van der Waals surface area contributed by atoms with Crippen LogP contribution in [-0.4, -0.2) is 71.1 Å². The van der Waals surface area contributed by atoms with Crippen LogP contribution in [0, 0.1) is 0 Å². The van der Waals surface area contributed by atoms with Crippen LogP contribution >= 0.6 is 46.9 Å². The van der Waals surface area contributed by atoms with Gasteiger partial charge in [0.25, 0.3) is 0 Å². The molecule has 2 aromatic carbocycles. The molecule has 0 aromatic heterocycles. The molecule has 35 heavy (non-hydrogen) atoms. The highest BCUT2D eigenvalue weighted by Crippen LogP contribution is 2.22. The second-order valence-corrected chi connectivity index (χ2v) is 11.1. The number of amides is 1. The predicted molar refractivity (Wildman–Crippen MR) is 148 cm³/mol. The second-order valence-electron chi connectivity index (χ2n) is 7.26. The Morgan fingerprint density at radius 3 is 2.31 bits per heavy atom. The molecule has 0 aliphatic heterocycles. The molecule has 0 bridgehead atoms. The standard InChI is InChI=1S/C25H30ClNO5S3/c1-33-18-34-17-21(24(29)32-15-14-31-13-12-26)27-23(28)22(16-19-8-4-2-5-9-19)35-25(30)20-10-6-3-7-11-20/h2-11,21-22H,12-18H2,1H3,(H,27,28)/t21-,22-/m0/s1. The summed E-state index contributed by atoms with van der Waals surface area (Å²) < 4.78 is 10.6. The van der Waals surface area contributed by atoms with E-state index in [9.17, 15) is 14.4 Å². The zero-order chi connectivity index (χ0) is 25.3. The summed E-state index contributed by atoms with van der Waals surface area (Å²) in [6, 6.07) is 17.5. The molecule has 2 atom stereocenters. The number of esters is 1. The highest BCUT2D eigenvalue weighted by atomic mass is 35.5. The number of nitrogens with one attached hydrogen (secondary N) is 1. The number of carbonyl (C=O) groups is 3. The lowest BCUT2D eigenvalue weighted by atomic mass is 10.1. The van der Waals surface area contributed by atoms with Crippen LogP contribution in [0.1, 0.15) is 15.9 Å². The van der Waals surface area contributed by atoms with Crippen LogP contribution in [0.3, 0.4) is 0 Å². The Bertz CT molecular complexity index is 904. The summed E-state index contributed by atoms with van der Waals surface area (Å²) >= 11 is 9.70. The molecule has 0 fully saturated rings. The van der Waals surface area contributed by atoms with Gasteiger partial charge in [0.05, 0.1) is 18.5 Å². The predicted octanol–water partition coefficient (Wildman–Crippen LogP) is 4.51. The van der Waals surface area contributed by atoms with Crippen LogP contribution in [-0.2, 0) is 25.5 Å². The first-order chi connectivity index (χ1) is 17.0. The first kappa shape index (κ1) is 29.6. The van der Waals surface area contributed by atoms with Gasteiger partial charge in [-0.05, 0) is 18.2 Å². The summed E-state index contributed by atoms with van der Waals surface area (Å²) in [4.78, 5) is 38.9. The van der Waals surface area contributed by atoms with Crippen molar-refractivity contribution in [2.45, 2.75) is 17.7 Å². The van der Waals surface area contributed by atoms with Gasteiger partial charge in [-0.3, -0.25) is 9.59 Å². The van der Waals surface area contributed by atoms with E-state index in [1.54, 1.807) is 36.0 Å². The van der Waals surface area contributed by atoms with Crippen LogP contribution in [0.4, 0.5) is 0 Å². The van der Waals surface area contributed by atoms with Crippen molar-refractivity contribution in [2.24, 2.45) is 0 Å². The van der Waals surface area contributed by atoms with Crippen molar-refractivity contribution in [3.05, 3.63) is 71.8 Å². The van der Waals surface area contributed by atoms with E-state index >= 15 is 0 Å². The van der Waals surface area contributed by atoms with Crippen molar-refractivity contribution in [1.82, 2.24) is 5.32 Å². The third-order valence-corrected chi connectivity index (χ3v) is 8.04. The number of hydrogen-bond acceptors (Lipinski definition) is 8. The Morgan fingerprint density at radius 2 is 1.66 bits per heavy atom. The summed E-state index contributed by atoms with van der Waals surface area (Å²) in [6.07, 6.45) is 2.32. The molecule has 0 saturated heterocycles. The van der Waals surface area contributed by atoms with E-state index in [-0.39, 0.29) is 24.2 Å². The molecule has 1 amide bonds. The van der Waals surface area contributed by atoms with E-state index in [4.69, 9.17) is 21.1 Å². The smallest absolute Gasteiger partial charge is 0.329 e. The molecule has 0 spiro atoms. The lowest BCUT2D eigenvalue weighted by Crippen LogP contribution is -2.47. The van der Waals surface area contributed by atoms with E-state index in [1.807, 2.05) is 42.7 Å². The second kappa shape index (κ2) is 17.7. The zero-order valence-electron chi connectivity index (χ0n) is 19.5. The van der Waals surface area contributed by atoms with Crippen molar-refractivity contribution in [1.29, 1.82) is 0 Å². The lowest BCUT2D eigenvalue weighted by Gasteiger charge is -2.21. The molecule has 0 aliphatic rings. The largest absolute Gasteiger partial charge is 0.462 e. The summed E-state index contributed by atoms with van der Waals surface area (Å²) in [5, 5.41) is 2.69. The van der Waals surface area contributed by atoms with Crippen molar-refractivity contribution < 1.29 is 23.9 Å². The fourth-order valence-electron chi connectivity index (χ4n) is 2.93. The monoisotopic (exact) mass is 555 g/mol. The maximum absolute atomic E-state index is 13.3. The normalized spacial score (nSPS) is 12.5. The van der Waals surface area contributed by atoms with Gasteiger partial charge in [-0.15, -0.1) is 23.4 Å². The molecule has 10 heteroatoms. The summed E-state index contributed by atoms with van der Waals surface area (Å²) in [5.41, 5.74) is 1.44. The van der Waals surface area contributed by atoms with Crippen molar-refractivity contribution in [3.63, 3.8) is 0 Å². The number of rotatable bonds is 16. The maximum Gasteiger partial charge on any atom is 0.329 e. The van der Waals surface area contributed by atoms with Crippen molar-refractivity contribution in [2.75, 3.05) is 42.8 Å². The minimum Gasteiger partial charge on any atom is -0.462 e. The molecule has 0 radical (unpaired) electrons. The molecule has 0 aliphatic carbocycles. The van der Waals surface area contributed by atoms with E-state index in [0.717, 1.165) is 22.4 Å². The third kappa shape index (κ3) is 11.8. The van der Waals surface area contributed by atoms with Gasteiger partial charge < -0.3 is 14.8 Å². The van der Waals surface area contributed by atoms with Gasteiger partial charge in [-0.25, -0.2) is 4.79 Å². The van der Waals surface area contributed by atoms with Gasteiger partial charge in [0.15, 0.2) is 0 Å². The van der Waals surface area contributed by atoms with Gasteiger partial charge in [0.1, 0.15) is 12.6 Å². The minimum atomic E-state index is -0.835. The van der Waals surface area contributed by atoms with Crippen LogP contribution in [0.15, 0.2) is 60.7 Å². The molecular weight excluding hydrogens is 526 g/mol. The average Bonchev–Trinajstić information content (AvgIpc) is 2.88. The Kier molecular flexibility index (Phi) is 15.0. The summed E-state index contributed by atoms with van der Waals surface area (Å²) in [7, 11) is 0. The third-order valence-electron chi connectivity index (χ3n) is 4.60. The Hall–Kier alpha value is -1.65. The van der Waals surface area contributed by atoms with Crippen LogP contribution in [0.25, 0.3) is 0 Å². The fourth-order valence-corrected chi connectivity index (χ4v) is 5.53. The van der Waals surface area contributed by atoms with Crippen molar-refractivity contribution >= 4 is 63.9 Å². The van der Waals surface area contributed by atoms with E-state index in [0.29, 0.717) is 30.2 Å². The molecular formula is C25H30ClNO5S3. The molecule has 1 N–H and O–H groups in total. The fraction of sp³-hybridized carbons (Fsp3) is 0.400. The Labute approximate surface area is 224 Å². The van der Waals surface area contributed by atoms with Gasteiger partial charge in [0.2, 0.25) is 11.0 Å². The zero-order valence-corrected chi connectivity index (χ0v) is 22.7. The number of alkyl halides is 1. The van der Waals surface area contributed by atoms with Gasteiger partial charge in [0, 0.05) is 22.3 Å². The first-order valence-corrected chi connectivity index (χ1v) is 15.0. The molecule has 0 unspecified atom stereocenters. The number of thioether (sulfide) groups is 3. The molecule has 6 nitrogen and oxygen atoms in total. The Balaban J connectivity index is 2.10. The average molecular weight is 556 g/mol. The van der Waals surface area contributed by atoms with Crippen LogP contribution in [0.5, 0.6) is 0 Å². The highest BCUT2D eigenvalue weighted by Gasteiger charge is 2.29. The molecule has 2 rings (SSSR count). The van der Waals surface area contributed by atoms with E-state index in [1.165, 1.54) is 11.8 Å². The van der Waals surface area contributed by atoms with Gasteiger partial charge in [-0.1, -0.05) is 72.4 Å². The topological polar surface area (TPSA) is 81.7 Å². The molecule has 0 saturated carbocycles. The summed E-state index contributed by atoms with van der Waals surface area (Å²) in [6.45, 7) is 0.676. The van der Waals surface area contributed by atoms with Gasteiger partial charge in [-0.2, -0.15) is 11.8 Å². The number of benzene rings is 2. The number of ether oxygens (including phenoxy) is 2. The van der Waals surface area contributed by atoms with Crippen LogP contribution < -0.4 is 5.32 Å². The van der Waals surface area contributed by atoms with E-state index < -0.39 is 17.3 Å². The summed E-state index contributed by atoms with van der Waals surface area (Å²) in [5.74, 6) is -0.184. The molecule has 2 aromatic rings. The maximum atomic E-state index is 13.3. The van der Waals surface area contributed by atoms with Crippen molar-refractivity contribution in [3.8, 4) is 0 Å². The molecule has 0 heterocycles. The SMILES string of the molecule is CSCSC[C@H](NC(=O)[C@H](Cc1ccccc1)SC(=O)c1ccccc1)C(=O)OCCOCCCl. The highest BCUT2D eigenvalue weighted by molar-refractivity contribution is 8.15. The lowest BCUT2D eigenvalue weighted by molar-refractivity contribution is -0.148. The molecule has 190 valence electrons. The first-order valence-electron chi connectivity index (χ1n) is 11.0. The quantitative estimate of drug-likeness (QED) is 0.140. The number of halogens is 1. The number of hydrogen-bond donors (Lipinski definition) is 1. The minimum absolute atomic E-state index is 0.0734. The van der Waals surface area contributed by atoms with E-state index in [2.05, 4.69) is 5.32 Å². The number of carbonyl (C=O) groups excluding carboxylic acids is 3. The van der Waals surface area contributed by atoms with Gasteiger partial charge >= 0.3 is 5.97 Å². The van der Waals surface area contributed by atoms with Crippen LogP contribution in [0.2, 0.25) is 0 Å².